The highest BCUT2D eigenvalue weighted by Crippen LogP contribution is 1.84. The molecule has 0 fully saturated rings. The Hall–Kier alpha value is -1.84. The van der Waals surface area contributed by atoms with E-state index in [2.05, 4.69) is 9.47 Å². The average Bonchev–Trinajstić information content (AvgIpc) is 2.51. The zero-order chi connectivity index (χ0) is 15.3. The van der Waals surface area contributed by atoms with Crippen molar-refractivity contribution >= 4 is 12.9 Å². The van der Waals surface area contributed by atoms with Crippen LogP contribution in [0.5, 0.6) is 0 Å². The van der Waals surface area contributed by atoms with E-state index in [0.29, 0.717) is 26.2 Å². The zero-order valence-corrected chi connectivity index (χ0v) is 12.5. The largest absolute Gasteiger partial charge is 0.468 e. The lowest BCUT2D eigenvalue weighted by molar-refractivity contribution is -0.129. The molecule has 0 aliphatic heterocycles. The number of hydrogen-bond acceptors (Lipinski definition) is 4. The third kappa shape index (κ3) is 25.1. The fraction of sp³-hybridized carbons (Fsp3) is 0.500. The number of benzene rings is 1. The second-order valence-electron chi connectivity index (χ2n) is 3.80. The standard InChI is InChI=1S/C6H6.2C5H10O2/c1-2-4-6-5-3-1;2*1-2-3-4-7-5-6/h1-6H;2*5H,2-4H2,1H3. The summed E-state index contributed by atoms with van der Waals surface area (Å²) in [5.41, 5.74) is 0. The topological polar surface area (TPSA) is 52.6 Å². The Bertz CT molecular complexity index is 234. The van der Waals surface area contributed by atoms with Gasteiger partial charge in [0.1, 0.15) is 0 Å². The molecule has 0 saturated carbocycles. The molecule has 1 aromatic carbocycles. The molecule has 0 bridgehead atoms. The predicted octanol–water partition coefficient (Wildman–Crippen LogP) is 3.61. The van der Waals surface area contributed by atoms with E-state index in [1.807, 2.05) is 50.2 Å². The third-order valence-electron chi connectivity index (χ3n) is 2.03. The van der Waals surface area contributed by atoms with Crippen LogP contribution in [-0.2, 0) is 19.1 Å². The molecule has 0 aliphatic carbocycles. The van der Waals surface area contributed by atoms with E-state index in [1.165, 1.54) is 0 Å². The fourth-order valence-corrected chi connectivity index (χ4v) is 0.936. The lowest BCUT2D eigenvalue weighted by Crippen LogP contribution is -1.88. The first kappa shape index (κ1) is 20.5. The monoisotopic (exact) mass is 282 g/mol. The van der Waals surface area contributed by atoms with Crippen LogP contribution in [0.3, 0.4) is 0 Å². The Balaban J connectivity index is 0. The van der Waals surface area contributed by atoms with Gasteiger partial charge in [-0.25, -0.2) is 0 Å². The predicted molar refractivity (Wildman–Crippen MR) is 80.3 cm³/mol. The summed E-state index contributed by atoms with van der Waals surface area (Å²) >= 11 is 0. The molecule has 0 spiro atoms. The van der Waals surface area contributed by atoms with Crippen LogP contribution in [-0.4, -0.2) is 26.2 Å². The summed E-state index contributed by atoms with van der Waals surface area (Å²) in [6, 6.07) is 12.0. The van der Waals surface area contributed by atoms with Crippen molar-refractivity contribution in [2.24, 2.45) is 0 Å². The molecular formula is C16H26O4. The average molecular weight is 282 g/mol. The van der Waals surface area contributed by atoms with E-state index >= 15 is 0 Å². The van der Waals surface area contributed by atoms with Crippen molar-refractivity contribution in [2.45, 2.75) is 39.5 Å². The molecule has 0 N–H and O–H groups in total. The van der Waals surface area contributed by atoms with Gasteiger partial charge < -0.3 is 9.47 Å². The van der Waals surface area contributed by atoms with E-state index < -0.39 is 0 Å². The molecule has 20 heavy (non-hydrogen) atoms. The maximum absolute atomic E-state index is 9.46. The third-order valence-corrected chi connectivity index (χ3v) is 2.03. The van der Waals surface area contributed by atoms with Crippen LogP contribution >= 0.6 is 0 Å². The number of carbonyl (C=O) groups is 2. The van der Waals surface area contributed by atoms with Crippen LogP contribution in [0.1, 0.15) is 39.5 Å². The Labute approximate surface area is 122 Å². The van der Waals surface area contributed by atoms with E-state index in [4.69, 9.17) is 0 Å². The summed E-state index contributed by atoms with van der Waals surface area (Å²) < 4.78 is 8.79. The minimum Gasteiger partial charge on any atom is -0.468 e. The van der Waals surface area contributed by atoms with Crippen LogP contribution in [0.15, 0.2) is 36.4 Å². The van der Waals surface area contributed by atoms with Crippen molar-refractivity contribution in [2.75, 3.05) is 13.2 Å². The molecule has 114 valence electrons. The molecule has 0 aliphatic rings. The van der Waals surface area contributed by atoms with Gasteiger partial charge in [-0.1, -0.05) is 63.1 Å². The van der Waals surface area contributed by atoms with Gasteiger partial charge in [-0.05, 0) is 12.8 Å². The van der Waals surface area contributed by atoms with Crippen LogP contribution in [0.4, 0.5) is 0 Å². The van der Waals surface area contributed by atoms with Gasteiger partial charge in [0.25, 0.3) is 12.9 Å². The first-order chi connectivity index (χ1) is 9.83. The van der Waals surface area contributed by atoms with Gasteiger partial charge in [0, 0.05) is 0 Å². The van der Waals surface area contributed by atoms with Gasteiger partial charge in [0.05, 0.1) is 13.2 Å². The second-order valence-corrected chi connectivity index (χ2v) is 3.80. The molecule has 0 heterocycles. The first-order valence-corrected chi connectivity index (χ1v) is 6.93. The number of carbonyl (C=O) groups excluding carboxylic acids is 2. The van der Waals surface area contributed by atoms with Crippen molar-refractivity contribution in [1.82, 2.24) is 0 Å². The summed E-state index contributed by atoms with van der Waals surface area (Å²) in [5, 5.41) is 0. The quantitative estimate of drug-likeness (QED) is 0.540. The molecule has 0 unspecified atom stereocenters. The minimum atomic E-state index is 0.482. The Kier molecular flexibility index (Phi) is 22.9. The molecular weight excluding hydrogens is 256 g/mol. The second kappa shape index (κ2) is 22.3. The normalized spacial score (nSPS) is 8.10. The smallest absolute Gasteiger partial charge is 0.293 e. The molecule has 4 nitrogen and oxygen atoms in total. The molecule has 1 rings (SSSR count). The summed E-state index contributed by atoms with van der Waals surface area (Å²) in [6.45, 7) is 6.20. The molecule has 1 aromatic rings. The number of ether oxygens (including phenoxy) is 2. The number of unbranched alkanes of at least 4 members (excludes halogenated alkanes) is 2. The summed E-state index contributed by atoms with van der Waals surface area (Å²) in [5.74, 6) is 0. The number of rotatable bonds is 8. The Morgan fingerprint density at radius 1 is 0.700 bits per heavy atom. The highest BCUT2D eigenvalue weighted by molar-refractivity contribution is 5.36. The van der Waals surface area contributed by atoms with Gasteiger partial charge in [0.15, 0.2) is 0 Å². The molecule has 0 aromatic heterocycles. The van der Waals surface area contributed by atoms with Crippen LogP contribution < -0.4 is 0 Å². The van der Waals surface area contributed by atoms with Crippen molar-refractivity contribution in [3.8, 4) is 0 Å². The minimum absolute atomic E-state index is 0.482. The lowest BCUT2D eigenvalue weighted by Gasteiger charge is -1.90. The van der Waals surface area contributed by atoms with Crippen molar-refractivity contribution < 1.29 is 19.1 Å². The highest BCUT2D eigenvalue weighted by atomic mass is 16.5. The summed E-state index contributed by atoms with van der Waals surface area (Å²) in [7, 11) is 0. The summed E-state index contributed by atoms with van der Waals surface area (Å²) in [6.07, 6.45) is 4.10. The fourth-order valence-electron chi connectivity index (χ4n) is 0.936. The Morgan fingerprint density at radius 2 is 1.00 bits per heavy atom. The number of hydrogen-bond donors (Lipinski definition) is 0. The van der Waals surface area contributed by atoms with E-state index in [9.17, 15) is 9.59 Å². The lowest BCUT2D eigenvalue weighted by atomic mass is 10.4. The molecule has 0 saturated heterocycles. The summed E-state index contributed by atoms with van der Waals surface area (Å²) in [4.78, 5) is 18.9. The van der Waals surface area contributed by atoms with E-state index in [1.54, 1.807) is 0 Å². The van der Waals surface area contributed by atoms with E-state index in [-0.39, 0.29) is 0 Å². The van der Waals surface area contributed by atoms with Gasteiger partial charge >= 0.3 is 0 Å². The van der Waals surface area contributed by atoms with Gasteiger partial charge in [-0.3, -0.25) is 9.59 Å². The highest BCUT2D eigenvalue weighted by Gasteiger charge is 1.78. The SMILES string of the molecule is CCCCOC=O.CCCCOC=O.c1ccccc1. The van der Waals surface area contributed by atoms with E-state index in [0.717, 1.165) is 25.7 Å². The van der Waals surface area contributed by atoms with Crippen molar-refractivity contribution in [3.63, 3.8) is 0 Å². The van der Waals surface area contributed by atoms with Crippen molar-refractivity contribution in [1.29, 1.82) is 0 Å². The van der Waals surface area contributed by atoms with Crippen LogP contribution in [0, 0.1) is 0 Å². The van der Waals surface area contributed by atoms with Crippen LogP contribution in [0.2, 0.25) is 0 Å². The molecule has 0 atom stereocenters. The molecule has 0 amide bonds. The Morgan fingerprint density at radius 3 is 1.20 bits per heavy atom. The maximum Gasteiger partial charge on any atom is 0.293 e. The molecule has 4 heteroatoms. The van der Waals surface area contributed by atoms with Gasteiger partial charge in [-0.15, -0.1) is 0 Å². The van der Waals surface area contributed by atoms with Gasteiger partial charge in [0.2, 0.25) is 0 Å². The van der Waals surface area contributed by atoms with Crippen molar-refractivity contribution in [3.05, 3.63) is 36.4 Å². The zero-order valence-electron chi connectivity index (χ0n) is 12.5. The molecule has 0 radical (unpaired) electrons. The first-order valence-electron chi connectivity index (χ1n) is 6.93. The van der Waals surface area contributed by atoms with Crippen LogP contribution in [0.25, 0.3) is 0 Å². The maximum atomic E-state index is 9.46. The van der Waals surface area contributed by atoms with Gasteiger partial charge in [-0.2, -0.15) is 0 Å².